The summed E-state index contributed by atoms with van der Waals surface area (Å²) in [6, 6.07) is 8.53. The number of rotatable bonds is 16. The molecular weight excluding hydrogens is 453 g/mol. The van der Waals surface area contributed by atoms with Gasteiger partial charge in [0, 0.05) is 11.6 Å². The first-order chi connectivity index (χ1) is 16.7. The Bertz CT molecular complexity index is 858. The summed E-state index contributed by atoms with van der Waals surface area (Å²) in [7, 11) is 0. The first-order valence-electron chi connectivity index (χ1n) is 12.9. The summed E-state index contributed by atoms with van der Waals surface area (Å²) >= 11 is 0. The molecule has 0 heterocycles. The second-order valence-corrected chi connectivity index (χ2v) is 9.56. The minimum absolute atomic E-state index is 0.0177. The summed E-state index contributed by atoms with van der Waals surface area (Å²) < 4.78 is 59.2. The molecule has 2 aromatic rings. The molecule has 0 aromatic heterocycles. The molecule has 0 radical (unpaired) electrons. The predicted octanol–water partition coefficient (Wildman–Crippen LogP) is 9.10. The van der Waals surface area contributed by atoms with Gasteiger partial charge in [-0.05, 0) is 51.3 Å². The lowest BCUT2D eigenvalue weighted by Gasteiger charge is -2.28. The van der Waals surface area contributed by atoms with E-state index in [9.17, 15) is 13.2 Å². The molecule has 0 saturated carbocycles. The number of hydrogen-bond acceptors (Lipinski definition) is 3. The van der Waals surface area contributed by atoms with Gasteiger partial charge in [-0.2, -0.15) is 0 Å². The molecule has 0 spiro atoms. The van der Waals surface area contributed by atoms with Crippen molar-refractivity contribution in [3.05, 3.63) is 59.4 Å². The summed E-state index contributed by atoms with van der Waals surface area (Å²) in [5.41, 5.74) is 1.38. The standard InChI is InChI=1S/C29H41F3O3/c1-6-7-8-9-10-11-12-13-28(35-29(33-20(2)3)34-21(4)5)23-16-14-22(15-17-23)24-18-26(31)27(32)19-25(24)30/h14-21,28-29H,6-13H2,1-5H3. The Morgan fingerprint density at radius 2 is 1.20 bits per heavy atom. The molecule has 6 heteroatoms. The van der Waals surface area contributed by atoms with Gasteiger partial charge >= 0.3 is 0 Å². The van der Waals surface area contributed by atoms with Crippen LogP contribution in [0, 0.1) is 17.5 Å². The van der Waals surface area contributed by atoms with Gasteiger partial charge in [0.05, 0.1) is 18.3 Å². The lowest BCUT2D eigenvalue weighted by atomic mass is 9.98. The van der Waals surface area contributed by atoms with E-state index in [-0.39, 0.29) is 23.9 Å². The Balaban J connectivity index is 2.16. The zero-order valence-electron chi connectivity index (χ0n) is 21.8. The van der Waals surface area contributed by atoms with E-state index in [1.165, 1.54) is 32.1 Å². The van der Waals surface area contributed by atoms with Gasteiger partial charge < -0.3 is 14.2 Å². The van der Waals surface area contributed by atoms with Gasteiger partial charge in [0.25, 0.3) is 6.48 Å². The molecule has 0 aliphatic carbocycles. The Kier molecular flexibility index (Phi) is 12.8. The highest BCUT2D eigenvalue weighted by Crippen LogP contribution is 2.31. The maximum Gasteiger partial charge on any atom is 0.272 e. The van der Waals surface area contributed by atoms with Crippen LogP contribution in [0.1, 0.15) is 97.7 Å². The third-order valence-corrected chi connectivity index (χ3v) is 5.72. The number of unbranched alkanes of at least 4 members (excludes halogenated alkanes) is 6. The van der Waals surface area contributed by atoms with E-state index in [0.717, 1.165) is 30.9 Å². The molecule has 0 aliphatic heterocycles. The largest absolute Gasteiger partial charge is 0.327 e. The quantitative estimate of drug-likeness (QED) is 0.132. The minimum atomic E-state index is -1.20. The van der Waals surface area contributed by atoms with Crippen LogP contribution in [0.25, 0.3) is 11.1 Å². The van der Waals surface area contributed by atoms with Gasteiger partial charge in [0.15, 0.2) is 11.6 Å². The Morgan fingerprint density at radius 1 is 0.657 bits per heavy atom. The average molecular weight is 495 g/mol. The molecule has 2 aromatic carbocycles. The number of halogens is 3. The second kappa shape index (κ2) is 15.3. The van der Waals surface area contributed by atoms with Crippen LogP contribution in [0.5, 0.6) is 0 Å². The summed E-state index contributed by atoms with van der Waals surface area (Å²) in [6.07, 6.45) is 8.67. The summed E-state index contributed by atoms with van der Waals surface area (Å²) in [5, 5.41) is 0. The second-order valence-electron chi connectivity index (χ2n) is 9.56. The lowest BCUT2D eigenvalue weighted by Crippen LogP contribution is -2.29. The molecule has 35 heavy (non-hydrogen) atoms. The van der Waals surface area contributed by atoms with Crippen molar-refractivity contribution >= 4 is 0 Å². The molecule has 2 rings (SSSR count). The van der Waals surface area contributed by atoms with Crippen LogP contribution < -0.4 is 0 Å². The highest BCUT2D eigenvalue weighted by molar-refractivity contribution is 5.64. The van der Waals surface area contributed by atoms with E-state index in [4.69, 9.17) is 14.2 Å². The normalized spacial score (nSPS) is 12.8. The Hall–Kier alpha value is -1.89. The maximum atomic E-state index is 14.2. The minimum Gasteiger partial charge on any atom is -0.327 e. The third-order valence-electron chi connectivity index (χ3n) is 5.72. The molecule has 3 nitrogen and oxygen atoms in total. The summed E-state index contributed by atoms with van der Waals surface area (Å²) in [5.74, 6) is -3.08. The molecule has 1 unspecified atom stereocenters. The van der Waals surface area contributed by atoms with Crippen molar-refractivity contribution in [1.82, 2.24) is 0 Å². The molecule has 0 N–H and O–H groups in total. The van der Waals surface area contributed by atoms with Gasteiger partial charge in [-0.3, -0.25) is 0 Å². The molecule has 0 saturated heterocycles. The predicted molar refractivity (Wildman–Crippen MR) is 134 cm³/mol. The highest BCUT2D eigenvalue weighted by Gasteiger charge is 2.22. The van der Waals surface area contributed by atoms with Crippen LogP contribution in [-0.2, 0) is 14.2 Å². The van der Waals surface area contributed by atoms with Crippen LogP contribution in [0.4, 0.5) is 13.2 Å². The van der Waals surface area contributed by atoms with Crippen molar-refractivity contribution in [3.8, 4) is 11.1 Å². The molecule has 0 fully saturated rings. The fourth-order valence-electron chi connectivity index (χ4n) is 3.90. The summed E-state index contributed by atoms with van der Waals surface area (Å²) in [6.45, 7) is 9.11. The van der Waals surface area contributed by atoms with Crippen LogP contribution in [0.2, 0.25) is 0 Å². The number of benzene rings is 2. The van der Waals surface area contributed by atoms with Crippen LogP contribution in [0.3, 0.4) is 0 Å². The van der Waals surface area contributed by atoms with E-state index in [1.54, 1.807) is 12.1 Å². The highest BCUT2D eigenvalue weighted by atomic mass is 19.2. The monoisotopic (exact) mass is 494 g/mol. The van der Waals surface area contributed by atoms with Crippen molar-refractivity contribution in [1.29, 1.82) is 0 Å². The smallest absolute Gasteiger partial charge is 0.272 e. The van der Waals surface area contributed by atoms with Crippen molar-refractivity contribution in [3.63, 3.8) is 0 Å². The van der Waals surface area contributed by atoms with E-state index >= 15 is 0 Å². The molecule has 196 valence electrons. The maximum absolute atomic E-state index is 14.2. The van der Waals surface area contributed by atoms with Gasteiger partial charge in [0.1, 0.15) is 5.82 Å². The van der Waals surface area contributed by atoms with E-state index in [1.807, 2.05) is 39.8 Å². The van der Waals surface area contributed by atoms with E-state index < -0.39 is 23.9 Å². The van der Waals surface area contributed by atoms with Gasteiger partial charge in [-0.15, -0.1) is 0 Å². The fourth-order valence-corrected chi connectivity index (χ4v) is 3.90. The van der Waals surface area contributed by atoms with Crippen molar-refractivity contribution < 1.29 is 27.4 Å². The molecule has 1 atom stereocenters. The van der Waals surface area contributed by atoms with E-state index in [2.05, 4.69) is 6.92 Å². The molecule has 0 amide bonds. The van der Waals surface area contributed by atoms with Crippen LogP contribution in [-0.4, -0.2) is 18.7 Å². The average Bonchev–Trinajstić information content (AvgIpc) is 2.79. The van der Waals surface area contributed by atoms with Crippen molar-refractivity contribution in [2.75, 3.05) is 0 Å². The zero-order chi connectivity index (χ0) is 25.8. The number of ether oxygens (including phenoxy) is 3. The fraction of sp³-hybridized carbons (Fsp3) is 0.586. The Labute approximate surface area is 209 Å². The first kappa shape index (κ1) is 29.3. The zero-order valence-corrected chi connectivity index (χ0v) is 21.8. The van der Waals surface area contributed by atoms with E-state index in [0.29, 0.717) is 11.6 Å². The third kappa shape index (κ3) is 10.3. The lowest BCUT2D eigenvalue weighted by molar-refractivity contribution is -0.328. The molecular formula is C29H41F3O3. The Morgan fingerprint density at radius 3 is 1.77 bits per heavy atom. The number of hydrogen-bond donors (Lipinski definition) is 0. The van der Waals surface area contributed by atoms with Crippen LogP contribution in [0.15, 0.2) is 36.4 Å². The van der Waals surface area contributed by atoms with Gasteiger partial charge in [0.2, 0.25) is 0 Å². The summed E-state index contributed by atoms with van der Waals surface area (Å²) in [4.78, 5) is 0. The van der Waals surface area contributed by atoms with Gasteiger partial charge in [-0.1, -0.05) is 76.1 Å². The molecule has 0 bridgehead atoms. The molecule has 0 aliphatic rings. The van der Waals surface area contributed by atoms with Crippen molar-refractivity contribution in [2.24, 2.45) is 0 Å². The van der Waals surface area contributed by atoms with Crippen LogP contribution >= 0.6 is 0 Å². The van der Waals surface area contributed by atoms with Crippen molar-refractivity contribution in [2.45, 2.75) is 111 Å². The first-order valence-corrected chi connectivity index (χ1v) is 12.9. The SMILES string of the molecule is CCCCCCCCCC(OC(OC(C)C)OC(C)C)c1ccc(-c2cc(F)c(F)cc2F)cc1. The topological polar surface area (TPSA) is 27.7 Å². The van der Waals surface area contributed by atoms with Gasteiger partial charge in [-0.25, -0.2) is 13.2 Å².